The lowest BCUT2D eigenvalue weighted by molar-refractivity contribution is -0.0963. The van der Waals surface area contributed by atoms with Gasteiger partial charge in [-0.15, -0.1) is 0 Å². The predicted octanol–water partition coefficient (Wildman–Crippen LogP) is 3.93. The van der Waals surface area contributed by atoms with Crippen molar-refractivity contribution < 1.29 is 19.1 Å². The average Bonchev–Trinajstić information content (AvgIpc) is 3.48. The molecule has 4 fully saturated rings. The van der Waals surface area contributed by atoms with Gasteiger partial charge < -0.3 is 9.47 Å². The highest BCUT2D eigenvalue weighted by Crippen LogP contribution is 2.64. The maximum atomic E-state index is 12.9. The van der Waals surface area contributed by atoms with Crippen molar-refractivity contribution in [2.75, 3.05) is 0 Å². The molecule has 0 N–H and O–H groups in total. The molecule has 0 radical (unpaired) electrons. The normalized spacial score (nSPS) is 37.3. The SMILES string of the molecule is O=C(OC1C2CC(C1OC(=O)c1ccncc1)C1C3CCC(C3)CC21)c1ccncc1. The van der Waals surface area contributed by atoms with Crippen molar-refractivity contribution in [1.82, 2.24) is 9.97 Å². The van der Waals surface area contributed by atoms with E-state index < -0.39 is 0 Å². The van der Waals surface area contributed by atoms with Crippen LogP contribution in [0, 0.1) is 35.5 Å². The second-order valence-corrected chi connectivity index (χ2v) is 9.69. The number of hydrogen-bond acceptors (Lipinski definition) is 6. The third-order valence-corrected chi connectivity index (χ3v) is 8.30. The Kier molecular flexibility index (Phi) is 4.55. The van der Waals surface area contributed by atoms with E-state index in [0.29, 0.717) is 23.0 Å². The van der Waals surface area contributed by atoms with Crippen LogP contribution in [0.15, 0.2) is 49.1 Å². The molecule has 4 saturated carbocycles. The molecule has 8 atom stereocenters. The van der Waals surface area contributed by atoms with E-state index in [1.807, 2.05) is 0 Å². The van der Waals surface area contributed by atoms with Gasteiger partial charge in [-0.3, -0.25) is 9.97 Å². The smallest absolute Gasteiger partial charge is 0.338 e. The van der Waals surface area contributed by atoms with E-state index in [0.717, 1.165) is 18.3 Å². The number of rotatable bonds is 4. The van der Waals surface area contributed by atoms with Gasteiger partial charge in [-0.05, 0) is 73.6 Å². The number of ether oxygens (including phenoxy) is 2. The van der Waals surface area contributed by atoms with Crippen molar-refractivity contribution in [3.8, 4) is 0 Å². The molecule has 0 spiro atoms. The minimum Gasteiger partial charge on any atom is -0.455 e. The number of hydrogen-bond donors (Lipinski definition) is 0. The number of pyridine rings is 2. The molecule has 2 aromatic heterocycles. The number of fused-ring (bicyclic) bond motifs is 8. The first-order chi connectivity index (χ1) is 15.2. The van der Waals surface area contributed by atoms with Crippen LogP contribution in [0.2, 0.25) is 0 Å². The zero-order valence-corrected chi connectivity index (χ0v) is 17.3. The first kappa shape index (κ1) is 19.0. The third kappa shape index (κ3) is 3.15. The van der Waals surface area contributed by atoms with Gasteiger partial charge in [0.1, 0.15) is 12.2 Å². The van der Waals surface area contributed by atoms with Gasteiger partial charge in [0.2, 0.25) is 0 Å². The summed E-state index contributed by atoms with van der Waals surface area (Å²) < 4.78 is 12.1. The van der Waals surface area contributed by atoms with Crippen molar-refractivity contribution in [1.29, 1.82) is 0 Å². The molecule has 160 valence electrons. The van der Waals surface area contributed by atoms with Crippen LogP contribution < -0.4 is 0 Å². The lowest BCUT2D eigenvalue weighted by atomic mass is 9.64. The number of carbonyl (C=O) groups excluding carboxylic acids is 2. The molecule has 31 heavy (non-hydrogen) atoms. The van der Waals surface area contributed by atoms with Crippen LogP contribution in [-0.2, 0) is 9.47 Å². The summed E-state index contributed by atoms with van der Waals surface area (Å²) in [7, 11) is 0. The fourth-order valence-corrected chi connectivity index (χ4v) is 7.23. The predicted molar refractivity (Wildman–Crippen MR) is 111 cm³/mol. The highest BCUT2D eigenvalue weighted by molar-refractivity contribution is 5.90. The van der Waals surface area contributed by atoms with Crippen LogP contribution in [0.5, 0.6) is 0 Å². The van der Waals surface area contributed by atoms with E-state index in [-0.39, 0.29) is 36.0 Å². The fourth-order valence-electron chi connectivity index (χ4n) is 7.23. The Balaban J connectivity index is 1.28. The van der Waals surface area contributed by atoms with Crippen molar-refractivity contribution in [3.05, 3.63) is 60.2 Å². The number of carbonyl (C=O) groups is 2. The molecule has 6 rings (SSSR count). The number of nitrogens with zero attached hydrogens (tertiary/aromatic N) is 2. The third-order valence-electron chi connectivity index (χ3n) is 8.30. The maximum Gasteiger partial charge on any atom is 0.338 e. The van der Waals surface area contributed by atoms with Gasteiger partial charge in [0.25, 0.3) is 0 Å². The maximum absolute atomic E-state index is 12.9. The second-order valence-electron chi connectivity index (χ2n) is 9.69. The fraction of sp³-hybridized carbons (Fsp3) is 0.520. The molecule has 2 heterocycles. The Morgan fingerprint density at radius 3 is 1.90 bits per heavy atom. The summed E-state index contributed by atoms with van der Waals surface area (Å²) in [5.74, 6) is 2.57. The Morgan fingerprint density at radius 2 is 1.29 bits per heavy atom. The Hall–Kier alpha value is -2.76. The Morgan fingerprint density at radius 1 is 0.710 bits per heavy atom. The first-order valence-corrected chi connectivity index (χ1v) is 11.4. The lowest BCUT2D eigenvalue weighted by Gasteiger charge is -2.45. The summed E-state index contributed by atoms with van der Waals surface area (Å²) in [6.45, 7) is 0. The van der Waals surface area contributed by atoms with Crippen molar-refractivity contribution in [3.63, 3.8) is 0 Å². The summed E-state index contributed by atoms with van der Waals surface area (Å²) in [6, 6.07) is 6.66. The van der Waals surface area contributed by atoms with Crippen LogP contribution >= 0.6 is 0 Å². The van der Waals surface area contributed by atoms with Crippen molar-refractivity contribution in [2.45, 2.75) is 44.3 Å². The lowest BCUT2D eigenvalue weighted by Crippen LogP contribution is -2.49. The molecule has 0 aliphatic heterocycles. The van der Waals surface area contributed by atoms with Crippen molar-refractivity contribution >= 4 is 11.9 Å². The number of esters is 2. The monoisotopic (exact) mass is 418 g/mol. The van der Waals surface area contributed by atoms with E-state index in [1.165, 1.54) is 25.7 Å². The molecular formula is C25H26N2O4. The van der Waals surface area contributed by atoms with Crippen LogP contribution in [0.4, 0.5) is 0 Å². The molecule has 0 amide bonds. The molecule has 0 aromatic carbocycles. The second kappa shape index (κ2) is 7.43. The molecular weight excluding hydrogens is 392 g/mol. The molecule has 4 bridgehead atoms. The minimum atomic E-state index is -0.380. The van der Waals surface area contributed by atoms with Crippen LogP contribution in [0.3, 0.4) is 0 Å². The standard InChI is InChI=1S/C25H26N2O4/c28-24(15-3-7-26-8-4-15)30-22-19-13-20(21-17-2-1-14(11-17)12-18(19)21)23(22)31-25(29)16-5-9-27-10-6-16/h3-10,14,17-23H,1-2,11-13H2. The highest BCUT2D eigenvalue weighted by Gasteiger charge is 2.64. The summed E-state index contributed by atoms with van der Waals surface area (Å²) in [6.07, 6.45) is 11.8. The number of aromatic nitrogens is 2. The zero-order valence-electron chi connectivity index (χ0n) is 17.3. The molecule has 4 aliphatic rings. The van der Waals surface area contributed by atoms with Gasteiger partial charge in [-0.25, -0.2) is 9.59 Å². The zero-order chi connectivity index (χ0) is 20.9. The highest BCUT2D eigenvalue weighted by atomic mass is 16.6. The van der Waals surface area contributed by atoms with Gasteiger partial charge >= 0.3 is 11.9 Å². The quantitative estimate of drug-likeness (QED) is 0.700. The summed E-state index contributed by atoms with van der Waals surface area (Å²) >= 11 is 0. The Bertz CT molecular complexity index is 982. The van der Waals surface area contributed by atoms with Gasteiger partial charge in [-0.1, -0.05) is 6.42 Å². The van der Waals surface area contributed by atoms with E-state index >= 15 is 0 Å². The van der Waals surface area contributed by atoms with Gasteiger partial charge in [-0.2, -0.15) is 0 Å². The topological polar surface area (TPSA) is 78.4 Å². The largest absolute Gasteiger partial charge is 0.455 e. The molecule has 8 unspecified atom stereocenters. The molecule has 0 saturated heterocycles. The summed E-state index contributed by atoms with van der Waals surface area (Å²) in [4.78, 5) is 33.7. The van der Waals surface area contributed by atoms with Gasteiger partial charge in [0, 0.05) is 36.6 Å². The Labute approximate surface area is 181 Å². The van der Waals surface area contributed by atoms with Gasteiger partial charge in [0.15, 0.2) is 0 Å². The van der Waals surface area contributed by atoms with E-state index in [2.05, 4.69) is 9.97 Å². The molecule has 6 heteroatoms. The van der Waals surface area contributed by atoms with E-state index in [4.69, 9.17) is 9.47 Å². The van der Waals surface area contributed by atoms with Crippen LogP contribution in [-0.4, -0.2) is 34.1 Å². The first-order valence-electron chi connectivity index (χ1n) is 11.4. The average molecular weight is 418 g/mol. The summed E-state index contributed by atoms with van der Waals surface area (Å²) in [5, 5.41) is 0. The minimum absolute atomic E-state index is 0.277. The molecule has 4 aliphatic carbocycles. The van der Waals surface area contributed by atoms with Crippen LogP contribution in [0.25, 0.3) is 0 Å². The van der Waals surface area contributed by atoms with Crippen molar-refractivity contribution in [2.24, 2.45) is 35.5 Å². The molecule has 6 nitrogen and oxygen atoms in total. The van der Waals surface area contributed by atoms with Crippen LogP contribution in [0.1, 0.15) is 52.8 Å². The molecule has 2 aromatic rings. The van der Waals surface area contributed by atoms with Gasteiger partial charge in [0.05, 0.1) is 11.1 Å². The van der Waals surface area contributed by atoms with E-state index in [9.17, 15) is 9.59 Å². The summed E-state index contributed by atoms with van der Waals surface area (Å²) in [5.41, 5.74) is 0.968. The van der Waals surface area contributed by atoms with E-state index in [1.54, 1.807) is 49.1 Å².